The molecular weight excluding hydrogens is 294 g/mol. The van der Waals surface area contributed by atoms with Crippen molar-refractivity contribution < 1.29 is 23.8 Å². The SMILES string of the molecule is CCOC(=O)CSCC(=O)Nc1ccc2c(c1)OCCO2. The molecule has 1 amide bonds. The lowest BCUT2D eigenvalue weighted by molar-refractivity contribution is -0.139. The lowest BCUT2D eigenvalue weighted by Gasteiger charge is -2.18. The van der Waals surface area contributed by atoms with Crippen LogP contribution in [0.1, 0.15) is 6.92 Å². The van der Waals surface area contributed by atoms with Crippen molar-refractivity contribution in [2.75, 3.05) is 36.6 Å². The zero-order chi connectivity index (χ0) is 15.1. The number of hydrogen-bond donors (Lipinski definition) is 1. The predicted molar refractivity (Wildman–Crippen MR) is 80.0 cm³/mol. The second kappa shape index (κ2) is 7.78. The molecular formula is C14H17NO5S. The van der Waals surface area contributed by atoms with Crippen LogP contribution in [-0.4, -0.2) is 43.2 Å². The number of rotatable bonds is 6. The van der Waals surface area contributed by atoms with Crippen LogP contribution in [-0.2, 0) is 14.3 Å². The average molecular weight is 311 g/mol. The molecule has 0 aromatic heterocycles. The molecule has 0 spiro atoms. The summed E-state index contributed by atoms with van der Waals surface area (Å²) in [5.74, 6) is 1.17. The highest BCUT2D eigenvalue weighted by Gasteiger charge is 2.13. The Morgan fingerprint density at radius 1 is 1.24 bits per heavy atom. The van der Waals surface area contributed by atoms with Crippen LogP contribution < -0.4 is 14.8 Å². The third-order valence-electron chi connectivity index (χ3n) is 2.58. The van der Waals surface area contributed by atoms with Gasteiger partial charge in [-0.05, 0) is 19.1 Å². The standard InChI is InChI=1S/C14H17NO5S/c1-2-18-14(17)9-21-8-13(16)15-10-3-4-11-12(7-10)20-6-5-19-11/h3-4,7H,2,5-6,8-9H2,1H3,(H,15,16). The number of carbonyl (C=O) groups is 2. The summed E-state index contributed by atoms with van der Waals surface area (Å²) in [5.41, 5.74) is 0.640. The van der Waals surface area contributed by atoms with E-state index in [1.165, 1.54) is 11.8 Å². The van der Waals surface area contributed by atoms with Crippen LogP contribution >= 0.6 is 11.8 Å². The fourth-order valence-electron chi connectivity index (χ4n) is 1.75. The molecule has 0 saturated carbocycles. The monoisotopic (exact) mass is 311 g/mol. The number of ether oxygens (including phenoxy) is 3. The van der Waals surface area contributed by atoms with Crippen LogP contribution in [0.4, 0.5) is 5.69 Å². The highest BCUT2D eigenvalue weighted by molar-refractivity contribution is 8.00. The number of anilines is 1. The summed E-state index contributed by atoms with van der Waals surface area (Å²) < 4.78 is 15.6. The number of carbonyl (C=O) groups excluding carboxylic acids is 2. The minimum Gasteiger partial charge on any atom is -0.486 e. The van der Waals surface area contributed by atoms with E-state index in [1.807, 2.05) is 0 Å². The molecule has 2 rings (SSSR count). The molecule has 0 atom stereocenters. The number of esters is 1. The van der Waals surface area contributed by atoms with Gasteiger partial charge in [0.2, 0.25) is 5.91 Å². The number of fused-ring (bicyclic) bond motifs is 1. The van der Waals surface area contributed by atoms with Crippen molar-refractivity contribution in [3.8, 4) is 11.5 Å². The maximum absolute atomic E-state index is 11.8. The molecule has 0 bridgehead atoms. The van der Waals surface area contributed by atoms with Gasteiger partial charge in [-0.3, -0.25) is 9.59 Å². The second-order valence-corrected chi connectivity index (χ2v) is 5.19. The molecule has 1 aromatic rings. The maximum Gasteiger partial charge on any atom is 0.315 e. The smallest absolute Gasteiger partial charge is 0.315 e. The second-order valence-electron chi connectivity index (χ2n) is 4.20. The van der Waals surface area contributed by atoms with Crippen molar-refractivity contribution >= 4 is 29.3 Å². The molecule has 1 aliphatic heterocycles. The Balaban J connectivity index is 1.78. The summed E-state index contributed by atoms with van der Waals surface area (Å²) in [6, 6.07) is 5.24. The highest BCUT2D eigenvalue weighted by atomic mass is 32.2. The quantitative estimate of drug-likeness (QED) is 0.806. The van der Waals surface area contributed by atoms with Crippen molar-refractivity contribution in [3.05, 3.63) is 18.2 Å². The summed E-state index contributed by atoms with van der Waals surface area (Å²) in [6.45, 7) is 3.13. The van der Waals surface area contributed by atoms with Crippen molar-refractivity contribution in [1.29, 1.82) is 0 Å². The molecule has 1 N–H and O–H groups in total. The summed E-state index contributed by atoms with van der Waals surface area (Å²) in [4.78, 5) is 22.9. The number of thioether (sulfide) groups is 1. The van der Waals surface area contributed by atoms with E-state index in [-0.39, 0.29) is 23.4 Å². The molecule has 0 fully saturated rings. The van der Waals surface area contributed by atoms with Crippen molar-refractivity contribution in [1.82, 2.24) is 0 Å². The van der Waals surface area contributed by atoms with Gasteiger partial charge in [0.15, 0.2) is 11.5 Å². The molecule has 1 heterocycles. The topological polar surface area (TPSA) is 73.9 Å². The molecule has 6 nitrogen and oxygen atoms in total. The van der Waals surface area contributed by atoms with Crippen LogP contribution in [0.3, 0.4) is 0 Å². The van der Waals surface area contributed by atoms with E-state index < -0.39 is 0 Å². The van der Waals surface area contributed by atoms with E-state index in [2.05, 4.69) is 5.32 Å². The first-order chi connectivity index (χ1) is 10.2. The van der Waals surface area contributed by atoms with Gasteiger partial charge in [-0.2, -0.15) is 0 Å². The van der Waals surface area contributed by atoms with Gasteiger partial charge in [0.05, 0.1) is 18.1 Å². The summed E-state index contributed by atoms with van der Waals surface area (Å²) in [5, 5.41) is 2.75. The largest absolute Gasteiger partial charge is 0.486 e. The molecule has 1 aromatic carbocycles. The van der Waals surface area contributed by atoms with Gasteiger partial charge in [0.1, 0.15) is 13.2 Å². The van der Waals surface area contributed by atoms with Gasteiger partial charge in [0, 0.05) is 11.8 Å². The maximum atomic E-state index is 11.8. The molecule has 0 unspecified atom stereocenters. The van der Waals surface area contributed by atoms with Crippen molar-refractivity contribution in [3.63, 3.8) is 0 Å². The first-order valence-corrected chi connectivity index (χ1v) is 7.77. The molecule has 0 aliphatic carbocycles. The van der Waals surface area contributed by atoms with Crippen LogP contribution in [0.15, 0.2) is 18.2 Å². The van der Waals surface area contributed by atoms with E-state index in [9.17, 15) is 9.59 Å². The predicted octanol–water partition coefficient (Wildman–Crippen LogP) is 1.69. The lowest BCUT2D eigenvalue weighted by atomic mass is 10.2. The molecule has 0 radical (unpaired) electrons. The van der Waals surface area contributed by atoms with Gasteiger partial charge in [0.25, 0.3) is 0 Å². The van der Waals surface area contributed by atoms with Gasteiger partial charge >= 0.3 is 5.97 Å². The fourth-order valence-corrected chi connectivity index (χ4v) is 2.36. The summed E-state index contributed by atoms with van der Waals surface area (Å²) in [7, 11) is 0. The van der Waals surface area contributed by atoms with Crippen LogP contribution in [0.5, 0.6) is 11.5 Å². The molecule has 0 saturated heterocycles. The normalized spacial score (nSPS) is 12.6. The fraction of sp³-hybridized carbons (Fsp3) is 0.429. The highest BCUT2D eigenvalue weighted by Crippen LogP contribution is 2.32. The van der Waals surface area contributed by atoms with Crippen molar-refractivity contribution in [2.24, 2.45) is 0 Å². The van der Waals surface area contributed by atoms with Gasteiger partial charge in [-0.15, -0.1) is 11.8 Å². The Bertz CT molecular complexity index is 520. The third kappa shape index (κ3) is 4.86. The van der Waals surface area contributed by atoms with E-state index in [4.69, 9.17) is 14.2 Å². The van der Waals surface area contributed by atoms with E-state index >= 15 is 0 Å². The Kier molecular flexibility index (Phi) is 5.74. The zero-order valence-corrected chi connectivity index (χ0v) is 12.5. The Hall–Kier alpha value is -1.89. The molecule has 1 aliphatic rings. The number of amides is 1. The first kappa shape index (κ1) is 15.5. The Labute approximate surface area is 127 Å². The van der Waals surface area contributed by atoms with Crippen molar-refractivity contribution in [2.45, 2.75) is 6.92 Å². The Morgan fingerprint density at radius 3 is 2.76 bits per heavy atom. The van der Waals surface area contributed by atoms with Gasteiger partial charge in [-0.25, -0.2) is 0 Å². The minimum atomic E-state index is -0.311. The molecule has 21 heavy (non-hydrogen) atoms. The first-order valence-electron chi connectivity index (χ1n) is 6.62. The number of hydrogen-bond acceptors (Lipinski definition) is 6. The Morgan fingerprint density at radius 2 is 2.00 bits per heavy atom. The minimum absolute atomic E-state index is 0.169. The zero-order valence-electron chi connectivity index (χ0n) is 11.7. The van der Waals surface area contributed by atoms with E-state index in [1.54, 1.807) is 25.1 Å². The lowest BCUT2D eigenvalue weighted by Crippen LogP contribution is -2.18. The summed E-state index contributed by atoms with van der Waals surface area (Å²) >= 11 is 1.21. The van der Waals surface area contributed by atoms with Crippen LogP contribution in [0.25, 0.3) is 0 Å². The number of benzene rings is 1. The summed E-state index contributed by atoms with van der Waals surface area (Å²) in [6.07, 6.45) is 0. The van der Waals surface area contributed by atoms with Crippen LogP contribution in [0.2, 0.25) is 0 Å². The average Bonchev–Trinajstić information content (AvgIpc) is 2.47. The molecule has 114 valence electrons. The van der Waals surface area contributed by atoms with Crippen LogP contribution in [0, 0.1) is 0 Å². The van der Waals surface area contributed by atoms with Gasteiger partial charge in [-0.1, -0.05) is 0 Å². The van der Waals surface area contributed by atoms with E-state index in [0.717, 1.165) is 0 Å². The van der Waals surface area contributed by atoms with Gasteiger partial charge < -0.3 is 19.5 Å². The molecule has 7 heteroatoms. The number of nitrogens with one attached hydrogen (secondary N) is 1. The third-order valence-corrected chi connectivity index (χ3v) is 3.49. The van der Waals surface area contributed by atoms with E-state index in [0.29, 0.717) is 37.0 Å².